The van der Waals surface area contributed by atoms with Crippen molar-refractivity contribution in [1.82, 2.24) is 10.1 Å². The van der Waals surface area contributed by atoms with Gasteiger partial charge in [0.15, 0.2) is 5.82 Å². The monoisotopic (exact) mass is 251 g/mol. The SMILES string of the molecule is Cc1noc(CNc2ccc(C(=O)O)cc2F)n1. The highest BCUT2D eigenvalue weighted by molar-refractivity contribution is 5.88. The maximum atomic E-state index is 13.5. The summed E-state index contributed by atoms with van der Waals surface area (Å²) < 4.78 is 18.4. The predicted octanol–water partition coefficient (Wildman–Crippen LogP) is 1.83. The predicted molar refractivity (Wildman–Crippen MR) is 59.7 cm³/mol. The van der Waals surface area contributed by atoms with Crippen LogP contribution in [0.4, 0.5) is 10.1 Å². The Morgan fingerprint density at radius 3 is 2.89 bits per heavy atom. The van der Waals surface area contributed by atoms with Crippen LogP contribution in [0.3, 0.4) is 0 Å². The summed E-state index contributed by atoms with van der Waals surface area (Å²) in [6.45, 7) is 1.85. The normalized spacial score (nSPS) is 10.3. The Balaban J connectivity index is 2.08. The second-order valence-electron chi connectivity index (χ2n) is 3.59. The number of nitrogens with zero attached hydrogens (tertiary/aromatic N) is 2. The molecule has 0 saturated heterocycles. The standard InChI is InChI=1S/C11H10FN3O3/c1-6-14-10(18-15-6)5-13-9-3-2-7(11(16)17)4-8(9)12/h2-4,13H,5H2,1H3,(H,16,17). The van der Waals surface area contributed by atoms with Crippen LogP contribution in [0.2, 0.25) is 0 Å². The van der Waals surface area contributed by atoms with Crippen LogP contribution in [0.15, 0.2) is 22.7 Å². The Hall–Kier alpha value is -2.44. The first-order valence-electron chi connectivity index (χ1n) is 5.12. The third-order valence-corrected chi connectivity index (χ3v) is 2.22. The molecule has 1 aromatic carbocycles. The number of hydrogen-bond acceptors (Lipinski definition) is 5. The number of halogens is 1. The molecule has 0 radical (unpaired) electrons. The molecule has 0 atom stereocenters. The van der Waals surface area contributed by atoms with Crippen LogP contribution in [-0.4, -0.2) is 21.2 Å². The summed E-state index contributed by atoms with van der Waals surface area (Å²) in [5.74, 6) is -0.998. The van der Waals surface area contributed by atoms with E-state index >= 15 is 0 Å². The lowest BCUT2D eigenvalue weighted by atomic mass is 10.2. The number of nitrogens with one attached hydrogen (secondary N) is 1. The van der Waals surface area contributed by atoms with Crippen molar-refractivity contribution in [3.8, 4) is 0 Å². The number of hydrogen-bond donors (Lipinski definition) is 2. The van der Waals surface area contributed by atoms with Gasteiger partial charge in [-0.3, -0.25) is 0 Å². The van der Waals surface area contributed by atoms with E-state index in [0.717, 1.165) is 6.07 Å². The van der Waals surface area contributed by atoms with E-state index in [1.54, 1.807) is 6.92 Å². The van der Waals surface area contributed by atoms with Gasteiger partial charge in [-0.1, -0.05) is 5.16 Å². The average Bonchev–Trinajstić information content (AvgIpc) is 2.73. The van der Waals surface area contributed by atoms with Gasteiger partial charge < -0.3 is 14.9 Å². The van der Waals surface area contributed by atoms with Crippen molar-refractivity contribution in [3.63, 3.8) is 0 Å². The molecule has 0 bridgehead atoms. The van der Waals surface area contributed by atoms with Crippen molar-refractivity contribution >= 4 is 11.7 Å². The van der Waals surface area contributed by atoms with E-state index in [0.29, 0.717) is 11.7 Å². The average molecular weight is 251 g/mol. The molecule has 2 rings (SSSR count). The Bertz CT molecular complexity index is 583. The smallest absolute Gasteiger partial charge is 0.335 e. The first-order chi connectivity index (χ1) is 8.56. The minimum Gasteiger partial charge on any atom is -0.478 e. The first-order valence-corrected chi connectivity index (χ1v) is 5.12. The molecule has 0 aliphatic rings. The summed E-state index contributed by atoms with van der Waals surface area (Å²) in [4.78, 5) is 14.6. The second-order valence-corrected chi connectivity index (χ2v) is 3.59. The molecule has 1 aromatic heterocycles. The Morgan fingerprint density at radius 1 is 1.56 bits per heavy atom. The molecule has 0 fully saturated rings. The molecule has 94 valence electrons. The van der Waals surface area contributed by atoms with Crippen LogP contribution in [-0.2, 0) is 6.54 Å². The van der Waals surface area contributed by atoms with Crippen LogP contribution in [0.25, 0.3) is 0 Å². The van der Waals surface area contributed by atoms with Gasteiger partial charge in [0.1, 0.15) is 5.82 Å². The summed E-state index contributed by atoms with van der Waals surface area (Å²) in [5.41, 5.74) is 0.0718. The number of benzene rings is 1. The van der Waals surface area contributed by atoms with Crippen LogP contribution < -0.4 is 5.32 Å². The summed E-state index contributed by atoms with van der Waals surface area (Å²) >= 11 is 0. The number of carbonyl (C=O) groups is 1. The van der Waals surface area contributed by atoms with Gasteiger partial charge in [-0.2, -0.15) is 4.98 Å². The second kappa shape index (κ2) is 4.82. The highest BCUT2D eigenvalue weighted by Crippen LogP contribution is 2.16. The van der Waals surface area contributed by atoms with Crippen LogP contribution in [0.1, 0.15) is 22.1 Å². The highest BCUT2D eigenvalue weighted by Gasteiger charge is 2.09. The first kappa shape index (κ1) is 12.0. The quantitative estimate of drug-likeness (QED) is 0.861. The number of anilines is 1. The lowest BCUT2D eigenvalue weighted by Gasteiger charge is -2.05. The lowest BCUT2D eigenvalue weighted by molar-refractivity contribution is 0.0696. The zero-order valence-electron chi connectivity index (χ0n) is 9.48. The molecule has 0 aliphatic carbocycles. The number of carboxylic acid groups (broad SMARTS) is 1. The highest BCUT2D eigenvalue weighted by atomic mass is 19.1. The van der Waals surface area contributed by atoms with E-state index in [9.17, 15) is 9.18 Å². The maximum absolute atomic E-state index is 13.5. The van der Waals surface area contributed by atoms with Gasteiger partial charge in [-0.15, -0.1) is 0 Å². The molecule has 6 nitrogen and oxygen atoms in total. The zero-order chi connectivity index (χ0) is 13.1. The topological polar surface area (TPSA) is 88.2 Å². The van der Waals surface area contributed by atoms with E-state index in [2.05, 4.69) is 15.5 Å². The van der Waals surface area contributed by atoms with E-state index in [1.165, 1.54) is 12.1 Å². The molecule has 1 heterocycles. The van der Waals surface area contributed by atoms with Crippen molar-refractivity contribution in [3.05, 3.63) is 41.3 Å². The minimum atomic E-state index is -1.17. The van der Waals surface area contributed by atoms with Gasteiger partial charge in [0.2, 0.25) is 5.89 Å². The van der Waals surface area contributed by atoms with Crippen molar-refractivity contribution < 1.29 is 18.8 Å². The van der Waals surface area contributed by atoms with Gasteiger partial charge in [-0.25, -0.2) is 9.18 Å². The molecule has 2 N–H and O–H groups in total. The molecule has 18 heavy (non-hydrogen) atoms. The molecule has 7 heteroatoms. The van der Waals surface area contributed by atoms with Crippen LogP contribution in [0, 0.1) is 12.7 Å². The van der Waals surface area contributed by atoms with Crippen LogP contribution in [0.5, 0.6) is 0 Å². The van der Waals surface area contributed by atoms with Gasteiger partial charge in [-0.05, 0) is 25.1 Å². The third kappa shape index (κ3) is 2.62. The number of rotatable bonds is 4. The van der Waals surface area contributed by atoms with Gasteiger partial charge >= 0.3 is 5.97 Å². The van der Waals surface area contributed by atoms with E-state index in [4.69, 9.17) is 9.63 Å². The van der Waals surface area contributed by atoms with Gasteiger partial charge in [0, 0.05) is 0 Å². The molecule has 0 unspecified atom stereocenters. The van der Waals surface area contributed by atoms with Crippen molar-refractivity contribution in [2.24, 2.45) is 0 Å². The number of aromatic nitrogens is 2. The Morgan fingerprint density at radius 2 is 2.33 bits per heavy atom. The number of carboxylic acids is 1. The molecule has 0 amide bonds. The molecular weight excluding hydrogens is 241 g/mol. The van der Waals surface area contributed by atoms with E-state index < -0.39 is 11.8 Å². The summed E-state index contributed by atoms with van der Waals surface area (Å²) in [6.07, 6.45) is 0. The Kier molecular flexibility index (Phi) is 3.22. The fourth-order valence-corrected chi connectivity index (χ4v) is 1.37. The summed E-state index contributed by atoms with van der Waals surface area (Å²) in [5, 5.41) is 15.0. The fourth-order valence-electron chi connectivity index (χ4n) is 1.37. The van der Waals surface area contributed by atoms with E-state index in [1.807, 2.05) is 0 Å². The summed E-state index contributed by atoms with van der Waals surface area (Å²) in [7, 11) is 0. The third-order valence-electron chi connectivity index (χ3n) is 2.22. The molecule has 2 aromatic rings. The molecule has 0 aliphatic heterocycles. The molecule has 0 saturated carbocycles. The largest absolute Gasteiger partial charge is 0.478 e. The zero-order valence-corrected chi connectivity index (χ0v) is 9.48. The maximum Gasteiger partial charge on any atom is 0.335 e. The lowest BCUT2D eigenvalue weighted by Crippen LogP contribution is -2.04. The van der Waals surface area contributed by atoms with Crippen molar-refractivity contribution in [2.45, 2.75) is 13.5 Å². The number of aromatic carboxylic acids is 1. The number of aryl methyl sites for hydroxylation is 1. The van der Waals surface area contributed by atoms with Gasteiger partial charge in [0.05, 0.1) is 17.8 Å². The Labute approximate surface area is 101 Å². The summed E-state index contributed by atoms with van der Waals surface area (Å²) in [6, 6.07) is 3.61. The molecule has 0 spiro atoms. The van der Waals surface area contributed by atoms with Crippen molar-refractivity contribution in [1.29, 1.82) is 0 Å². The fraction of sp³-hybridized carbons (Fsp3) is 0.182. The molecular formula is C11H10FN3O3. The minimum absolute atomic E-state index is 0.105. The van der Waals surface area contributed by atoms with E-state index in [-0.39, 0.29) is 17.8 Å². The van der Waals surface area contributed by atoms with Crippen molar-refractivity contribution in [2.75, 3.05) is 5.32 Å². The van der Waals surface area contributed by atoms with Crippen LogP contribution >= 0.6 is 0 Å². The van der Waals surface area contributed by atoms with Gasteiger partial charge in [0.25, 0.3) is 0 Å².